The van der Waals surface area contributed by atoms with Crippen LogP contribution in [0, 0.1) is 5.92 Å². The van der Waals surface area contributed by atoms with Gasteiger partial charge < -0.3 is 15.3 Å². The van der Waals surface area contributed by atoms with Crippen LogP contribution in [-0.2, 0) is 6.42 Å². The number of nitrogens with zero attached hydrogens (tertiary/aromatic N) is 1. The Bertz CT molecular complexity index is 481. The lowest BCUT2D eigenvalue weighted by Gasteiger charge is -2.23. The van der Waals surface area contributed by atoms with Crippen LogP contribution in [0.3, 0.4) is 0 Å². The molecule has 0 bridgehead atoms. The van der Waals surface area contributed by atoms with E-state index in [4.69, 9.17) is 11.6 Å². The fourth-order valence-corrected chi connectivity index (χ4v) is 3.04. The van der Waals surface area contributed by atoms with Crippen LogP contribution in [0.15, 0.2) is 24.3 Å². The smallest absolute Gasteiger partial charge is 0.317 e. The van der Waals surface area contributed by atoms with Gasteiger partial charge in [0.25, 0.3) is 0 Å². The third-order valence-corrected chi connectivity index (χ3v) is 4.47. The van der Waals surface area contributed by atoms with Crippen molar-refractivity contribution in [2.45, 2.75) is 31.8 Å². The van der Waals surface area contributed by atoms with Crippen LogP contribution in [0.25, 0.3) is 0 Å². The lowest BCUT2D eigenvalue weighted by atomic mass is 10.1. The summed E-state index contributed by atoms with van der Waals surface area (Å²) in [7, 11) is 1.77. The molecular formula is C16H23ClN2O2. The molecule has 2 amide bonds. The minimum absolute atomic E-state index is 0.0962. The van der Waals surface area contributed by atoms with Gasteiger partial charge in [0.05, 0.1) is 6.10 Å². The number of rotatable bonds is 5. The van der Waals surface area contributed by atoms with Crippen LogP contribution in [0.1, 0.15) is 24.8 Å². The molecule has 4 nitrogen and oxygen atoms in total. The molecule has 1 saturated carbocycles. The molecule has 21 heavy (non-hydrogen) atoms. The van der Waals surface area contributed by atoms with E-state index in [2.05, 4.69) is 5.32 Å². The highest BCUT2D eigenvalue weighted by molar-refractivity contribution is 6.31. The predicted octanol–water partition coefficient (Wildman–Crippen LogP) is 2.68. The third kappa shape index (κ3) is 4.61. The van der Waals surface area contributed by atoms with Crippen molar-refractivity contribution in [2.75, 3.05) is 20.1 Å². The van der Waals surface area contributed by atoms with E-state index >= 15 is 0 Å². The van der Waals surface area contributed by atoms with Crippen LogP contribution < -0.4 is 5.32 Å². The Labute approximate surface area is 131 Å². The van der Waals surface area contributed by atoms with E-state index in [0.717, 1.165) is 29.8 Å². The Morgan fingerprint density at radius 3 is 2.86 bits per heavy atom. The van der Waals surface area contributed by atoms with Gasteiger partial charge in [0.15, 0.2) is 0 Å². The summed E-state index contributed by atoms with van der Waals surface area (Å²) < 4.78 is 0. The predicted molar refractivity (Wildman–Crippen MR) is 84.5 cm³/mol. The number of amides is 2. The minimum Gasteiger partial charge on any atom is -0.393 e. The largest absolute Gasteiger partial charge is 0.393 e. The SMILES string of the molecule is CN(CC1CCCC1O)C(=O)NCCc1ccccc1Cl. The zero-order valence-corrected chi connectivity index (χ0v) is 13.1. The molecule has 0 saturated heterocycles. The summed E-state index contributed by atoms with van der Waals surface area (Å²) in [5.41, 5.74) is 1.04. The minimum atomic E-state index is -0.261. The molecule has 2 N–H and O–H groups in total. The normalized spacial score (nSPS) is 21.3. The van der Waals surface area contributed by atoms with Gasteiger partial charge in [0.1, 0.15) is 0 Å². The summed E-state index contributed by atoms with van der Waals surface area (Å²) in [6.07, 6.45) is 3.35. The standard InChI is InChI=1S/C16H23ClN2O2/c1-19(11-13-6-4-8-15(13)20)16(21)18-10-9-12-5-2-3-7-14(12)17/h2-3,5,7,13,15,20H,4,6,8-11H2,1H3,(H,18,21). The molecule has 116 valence electrons. The van der Waals surface area contributed by atoms with Crippen molar-refractivity contribution >= 4 is 17.6 Å². The maximum Gasteiger partial charge on any atom is 0.317 e. The fraction of sp³-hybridized carbons (Fsp3) is 0.562. The van der Waals surface area contributed by atoms with Crippen molar-refractivity contribution in [3.05, 3.63) is 34.9 Å². The first kappa shape index (κ1) is 16.1. The van der Waals surface area contributed by atoms with E-state index in [1.165, 1.54) is 0 Å². The first-order valence-electron chi connectivity index (χ1n) is 7.48. The van der Waals surface area contributed by atoms with Crippen molar-refractivity contribution in [1.29, 1.82) is 0 Å². The second kappa shape index (κ2) is 7.66. The first-order valence-corrected chi connectivity index (χ1v) is 7.86. The maximum atomic E-state index is 12.0. The number of carbonyl (C=O) groups excluding carboxylic acids is 1. The molecule has 0 radical (unpaired) electrons. The van der Waals surface area contributed by atoms with Gasteiger partial charge in [-0.1, -0.05) is 36.2 Å². The molecule has 0 spiro atoms. The Kier molecular flexibility index (Phi) is 5.88. The highest BCUT2D eigenvalue weighted by atomic mass is 35.5. The number of nitrogens with one attached hydrogen (secondary N) is 1. The highest BCUT2D eigenvalue weighted by Crippen LogP contribution is 2.25. The Morgan fingerprint density at radius 2 is 2.19 bits per heavy atom. The molecule has 1 aromatic carbocycles. The summed E-state index contributed by atoms with van der Waals surface area (Å²) in [5.74, 6) is 0.212. The van der Waals surface area contributed by atoms with E-state index in [-0.39, 0.29) is 18.1 Å². The van der Waals surface area contributed by atoms with Gasteiger partial charge in [0, 0.05) is 31.1 Å². The average Bonchev–Trinajstić information content (AvgIpc) is 2.86. The Balaban J connectivity index is 1.72. The lowest BCUT2D eigenvalue weighted by Crippen LogP contribution is -2.41. The van der Waals surface area contributed by atoms with Crippen LogP contribution >= 0.6 is 11.6 Å². The molecule has 0 aromatic heterocycles. The van der Waals surface area contributed by atoms with Gasteiger partial charge in [-0.2, -0.15) is 0 Å². The van der Waals surface area contributed by atoms with Crippen molar-refractivity contribution in [1.82, 2.24) is 10.2 Å². The van der Waals surface area contributed by atoms with Crippen molar-refractivity contribution in [2.24, 2.45) is 5.92 Å². The summed E-state index contributed by atoms with van der Waals surface area (Å²) in [5, 5.41) is 13.4. The van der Waals surface area contributed by atoms with Crippen molar-refractivity contribution in [3.8, 4) is 0 Å². The molecule has 5 heteroatoms. The zero-order chi connectivity index (χ0) is 15.2. The van der Waals surface area contributed by atoms with Crippen molar-refractivity contribution < 1.29 is 9.90 Å². The molecule has 2 unspecified atom stereocenters. The molecule has 2 atom stereocenters. The molecule has 0 aliphatic heterocycles. The van der Waals surface area contributed by atoms with E-state index in [1.807, 2.05) is 24.3 Å². The summed E-state index contributed by atoms with van der Waals surface area (Å²) in [6, 6.07) is 7.56. The van der Waals surface area contributed by atoms with Crippen LogP contribution in [0.2, 0.25) is 5.02 Å². The monoisotopic (exact) mass is 310 g/mol. The number of aliphatic hydroxyl groups is 1. The van der Waals surface area contributed by atoms with Gasteiger partial charge in [-0.25, -0.2) is 4.79 Å². The molecule has 1 fully saturated rings. The van der Waals surface area contributed by atoms with Gasteiger partial charge in [0.2, 0.25) is 0 Å². The Morgan fingerprint density at radius 1 is 1.43 bits per heavy atom. The van der Waals surface area contributed by atoms with Gasteiger partial charge in [-0.05, 0) is 30.9 Å². The van der Waals surface area contributed by atoms with Crippen LogP contribution in [-0.4, -0.2) is 42.3 Å². The van der Waals surface area contributed by atoms with Crippen LogP contribution in [0.4, 0.5) is 4.79 Å². The molecule has 2 rings (SSSR count). The average molecular weight is 311 g/mol. The topological polar surface area (TPSA) is 52.6 Å². The number of hydrogen-bond acceptors (Lipinski definition) is 2. The molecule has 0 heterocycles. The maximum absolute atomic E-state index is 12.0. The third-order valence-electron chi connectivity index (χ3n) is 4.10. The second-order valence-corrected chi connectivity index (χ2v) is 6.12. The highest BCUT2D eigenvalue weighted by Gasteiger charge is 2.27. The fourth-order valence-electron chi connectivity index (χ4n) is 2.81. The summed E-state index contributed by atoms with van der Waals surface area (Å²) in [6.45, 7) is 1.17. The second-order valence-electron chi connectivity index (χ2n) is 5.71. The number of halogens is 1. The van der Waals surface area contributed by atoms with Crippen LogP contribution in [0.5, 0.6) is 0 Å². The molecular weight excluding hydrogens is 288 g/mol. The lowest BCUT2D eigenvalue weighted by molar-refractivity contribution is 0.114. The van der Waals surface area contributed by atoms with E-state index in [9.17, 15) is 9.90 Å². The van der Waals surface area contributed by atoms with Gasteiger partial charge in [-0.3, -0.25) is 0 Å². The van der Waals surface area contributed by atoms with E-state index < -0.39 is 0 Å². The van der Waals surface area contributed by atoms with E-state index in [1.54, 1.807) is 11.9 Å². The number of aliphatic hydroxyl groups excluding tert-OH is 1. The number of carbonyl (C=O) groups is 1. The molecule has 1 aromatic rings. The summed E-state index contributed by atoms with van der Waals surface area (Å²) in [4.78, 5) is 13.7. The summed E-state index contributed by atoms with van der Waals surface area (Å²) >= 11 is 6.08. The molecule has 1 aliphatic rings. The quantitative estimate of drug-likeness (QED) is 0.878. The van der Waals surface area contributed by atoms with Gasteiger partial charge >= 0.3 is 6.03 Å². The molecule has 1 aliphatic carbocycles. The number of hydrogen-bond donors (Lipinski definition) is 2. The van der Waals surface area contributed by atoms with E-state index in [0.29, 0.717) is 19.5 Å². The number of urea groups is 1. The van der Waals surface area contributed by atoms with Gasteiger partial charge in [-0.15, -0.1) is 0 Å². The number of benzene rings is 1. The zero-order valence-electron chi connectivity index (χ0n) is 12.4. The first-order chi connectivity index (χ1) is 10.1. The Hall–Kier alpha value is -1.26. The van der Waals surface area contributed by atoms with Crippen molar-refractivity contribution in [3.63, 3.8) is 0 Å².